The van der Waals surface area contributed by atoms with Gasteiger partial charge >= 0.3 is 0 Å². The highest BCUT2D eigenvalue weighted by Crippen LogP contribution is 2.26. The summed E-state index contributed by atoms with van der Waals surface area (Å²) in [6.45, 7) is 2.68. The zero-order chi connectivity index (χ0) is 24.3. The van der Waals surface area contributed by atoms with E-state index in [1.54, 1.807) is 37.3 Å². The number of piperidine rings is 1. The van der Waals surface area contributed by atoms with E-state index in [0.717, 1.165) is 19.3 Å². The normalized spacial score (nSPS) is 15.1. The van der Waals surface area contributed by atoms with Crippen LogP contribution in [0, 0.1) is 6.92 Å². The van der Waals surface area contributed by atoms with Gasteiger partial charge in [0, 0.05) is 24.3 Å². The number of amides is 1. The molecule has 0 aromatic heterocycles. The summed E-state index contributed by atoms with van der Waals surface area (Å²) in [4.78, 5) is 13.3. The molecule has 1 aliphatic rings. The van der Waals surface area contributed by atoms with Gasteiger partial charge in [-0.25, -0.2) is 16.8 Å². The molecule has 4 rings (SSSR count). The number of aryl methyl sites for hydroxylation is 1. The number of rotatable bonds is 6. The summed E-state index contributed by atoms with van der Waals surface area (Å²) < 4.78 is 53.2. The molecule has 1 N–H and O–H groups in total. The number of hydrogen-bond donors (Lipinski definition) is 1. The molecular weight excluding hydrogens is 472 g/mol. The van der Waals surface area contributed by atoms with Crippen LogP contribution in [0.1, 0.15) is 35.2 Å². The van der Waals surface area contributed by atoms with Crippen molar-refractivity contribution in [3.05, 3.63) is 83.9 Å². The molecule has 0 saturated carbocycles. The van der Waals surface area contributed by atoms with Crippen LogP contribution >= 0.6 is 0 Å². The third-order valence-corrected chi connectivity index (χ3v) is 9.69. The Hall–Kier alpha value is -3.01. The maximum absolute atomic E-state index is 13.1. The van der Waals surface area contributed by atoms with Crippen LogP contribution in [0.4, 0.5) is 5.69 Å². The van der Waals surface area contributed by atoms with E-state index in [9.17, 15) is 21.6 Å². The SMILES string of the molecule is Cc1ccc(C(=O)Nc2ccc(S(=O)(=O)c3ccccc3)cc2)cc1S(=O)(=O)N1CCCCC1. The molecule has 1 heterocycles. The second-order valence-electron chi connectivity index (χ2n) is 8.24. The first kappa shape index (κ1) is 24.1. The zero-order valence-corrected chi connectivity index (χ0v) is 20.4. The van der Waals surface area contributed by atoms with E-state index in [0.29, 0.717) is 24.3 Å². The third kappa shape index (κ3) is 4.91. The highest BCUT2D eigenvalue weighted by atomic mass is 32.2. The maximum Gasteiger partial charge on any atom is 0.255 e. The van der Waals surface area contributed by atoms with E-state index in [2.05, 4.69) is 5.32 Å². The van der Waals surface area contributed by atoms with Gasteiger partial charge in [0.1, 0.15) is 0 Å². The lowest BCUT2D eigenvalue weighted by Crippen LogP contribution is -2.36. The Kier molecular flexibility index (Phi) is 6.88. The largest absolute Gasteiger partial charge is 0.322 e. The molecule has 34 heavy (non-hydrogen) atoms. The molecule has 7 nitrogen and oxygen atoms in total. The van der Waals surface area contributed by atoms with Gasteiger partial charge < -0.3 is 5.32 Å². The van der Waals surface area contributed by atoms with Crippen molar-refractivity contribution < 1.29 is 21.6 Å². The predicted molar refractivity (Wildman–Crippen MR) is 130 cm³/mol. The van der Waals surface area contributed by atoms with E-state index >= 15 is 0 Å². The summed E-state index contributed by atoms with van der Waals surface area (Å²) in [7, 11) is -7.34. The van der Waals surface area contributed by atoms with Crippen molar-refractivity contribution >= 4 is 31.5 Å². The summed E-state index contributed by atoms with van der Waals surface area (Å²) in [5.74, 6) is -0.478. The highest BCUT2D eigenvalue weighted by Gasteiger charge is 2.28. The lowest BCUT2D eigenvalue weighted by molar-refractivity contribution is 0.102. The molecule has 1 aliphatic heterocycles. The fourth-order valence-electron chi connectivity index (χ4n) is 3.92. The summed E-state index contributed by atoms with van der Waals surface area (Å²) in [5, 5.41) is 2.71. The van der Waals surface area contributed by atoms with Crippen LogP contribution in [-0.4, -0.2) is 40.1 Å². The lowest BCUT2D eigenvalue weighted by Gasteiger charge is -2.26. The van der Waals surface area contributed by atoms with Gasteiger partial charge in [-0.05, 0) is 73.9 Å². The minimum Gasteiger partial charge on any atom is -0.322 e. The van der Waals surface area contributed by atoms with Crippen molar-refractivity contribution in [2.24, 2.45) is 0 Å². The van der Waals surface area contributed by atoms with Gasteiger partial charge in [0.2, 0.25) is 19.9 Å². The standard InChI is InChI=1S/C25H26N2O5S2/c1-19-10-11-20(18-24(19)34(31,32)27-16-6-3-7-17-27)25(28)26-21-12-14-23(15-13-21)33(29,30)22-8-4-2-5-9-22/h2,4-5,8-15,18H,3,6-7,16-17H2,1H3,(H,26,28). The van der Waals surface area contributed by atoms with Crippen molar-refractivity contribution in [1.29, 1.82) is 0 Å². The molecule has 3 aromatic rings. The van der Waals surface area contributed by atoms with E-state index in [-0.39, 0.29) is 20.2 Å². The van der Waals surface area contributed by atoms with Gasteiger partial charge in [-0.3, -0.25) is 4.79 Å². The van der Waals surface area contributed by atoms with Crippen LogP contribution in [0.15, 0.2) is 87.5 Å². The maximum atomic E-state index is 13.1. The summed E-state index contributed by atoms with van der Waals surface area (Å²) >= 11 is 0. The van der Waals surface area contributed by atoms with E-state index in [1.165, 1.54) is 46.8 Å². The molecule has 9 heteroatoms. The molecule has 178 valence electrons. The van der Waals surface area contributed by atoms with Gasteiger partial charge in [0.25, 0.3) is 5.91 Å². The monoisotopic (exact) mass is 498 g/mol. The quantitative estimate of drug-likeness (QED) is 0.547. The second-order valence-corrected chi connectivity index (χ2v) is 12.1. The average Bonchev–Trinajstić information content (AvgIpc) is 2.85. The van der Waals surface area contributed by atoms with Crippen molar-refractivity contribution in [3.63, 3.8) is 0 Å². The van der Waals surface area contributed by atoms with Gasteiger partial charge in [0.15, 0.2) is 0 Å². The fourth-order valence-corrected chi connectivity index (χ4v) is 6.97. The van der Waals surface area contributed by atoms with Crippen molar-refractivity contribution in [1.82, 2.24) is 4.31 Å². The molecule has 0 bridgehead atoms. The van der Waals surface area contributed by atoms with Crippen LogP contribution in [0.3, 0.4) is 0 Å². The molecule has 1 fully saturated rings. The average molecular weight is 499 g/mol. The van der Waals surface area contributed by atoms with Crippen LogP contribution < -0.4 is 5.32 Å². The summed E-state index contributed by atoms with van der Waals surface area (Å²) in [5.41, 5.74) is 1.19. The van der Waals surface area contributed by atoms with Crippen molar-refractivity contribution in [3.8, 4) is 0 Å². The molecule has 0 unspecified atom stereocenters. The Bertz CT molecular complexity index is 1400. The zero-order valence-electron chi connectivity index (χ0n) is 18.8. The number of nitrogens with zero attached hydrogens (tertiary/aromatic N) is 1. The van der Waals surface area contributed by atoms with Crippen LogP contribution in [0.5, 0.6) is 0 Å². The van der Waals surface area contributed by atoms with E-state index in [1.807, 2.05) is 0 Å². The number of hydrogen-bond acceptors (Lipinski definition) is 5. The van der Waals surface area contributed by atoms with Crippen LogP contribution in [0.2, 0.25) is 0 Å². The highest BCUT2D eigenvalue weighted by molar-refractivity contribution is 7.91. The molecule has 0 aliphatic carbocycles. The number of carbonyl (C=O) groups is 1. The van der Waals surface area contributed by atoms with Gasteiger partial charge in [-0.1, -0.05) is 30.7 Å². The van der Waals surface area contributed by atoms with Gasteiger partial charge in [-0.2, -0.15) is 4.31 Å². The first-order chi connectivity index (χ1) is 16.2. The number of sulfone groups is 1. The molecule has 0 radical (unpaired) electrons. The minimum atomic E-state index is -3.68. The number of nitrogens with one attached hydrogen (secondary N) is 1. The van der Waals surface area contributed by atoms with E-state index < -0.39 is 25.8 Å². The molecule has 1 amide bonds. The third-order valence-electron chi connectivity index (χ3n) is 5.86. The Morgan fingerprint density at radius 2 is 1.41 bits per heavy atom. The van der Waals surface area contributed by atoms with Crippen LogP contribution in [0.25, 0.3) is 0 Å². The topological polar surface area (TPSA) is 101 Å². The molecule has 0 atom stereocenters. The summed E-state index contributed by atoms with van der Waals surface area (Å²) in [6, 6.07) is 18.6. The van der Waals surface area contributed by atoms with Gasteiger partial charge in [0.05, 0.1) is 14.7 Å². The number of sulfonamides is 1. The Labute approximate surface area is 200 Å². The first-order valence-electron chi connectivity index (χ1n) is 11.0. The Morgan fingerprint density at radius 1 is 0.794 bits per heavy atom. The molecular formula is C25H26N2O5S2. The Balaban J connectivity index is 1.54. The van der Waals surface area contributed by atoms with Crippen molar-refractivity contribution in [2.75, 3.05) is 18.4 Å². The van der Waals surface area contributed by atoms with Crippen LogP contribution in [-0.2, 0) is 19.9 Å². The van der Waals surface area contributed by atoms with Crippen molar-refractivity contribution in [2.45, 2.75) is 40.9 Å². The lowest BCUT2D eigenvalue weighted by atomic mass is 10.1. The summed E-state index contributed by atoms with van der Waals surface area (Å²) in [6.07, 6.45) is 2.67. The minimum absolute atomic E-state index is 0.113. The number of anilines is 1. The molecule has 3 aromatic carbocycles. The number of benzene rings is 3. The second kappa shape index (κ2) is 9.69. The van der Waals surface area contributed by atoms with E-state index in [4.69, 9.17) is 0 Å². The molecule has 0 spiro atoms. The number of carbonyl (C=O) groups excluding carboxylic acids is 1. The molecule has 1 saturated heterocycles. The smallest absolute Gasteiger partial charge is 0.255 e. The Morgan fingerprint density at radius 3 is 2.06 bits per heavy atom. The fraction of sp³-hybridized carbons (Fsp3) is 0.240. The predicted octanol–water partition coefficient (Wildman–Crippen LogP) is 4.25. The first-order valence-corrected chi connectivity index (χ1v) is 13.9. The van der Waals surface area contributed by atoms with Gasteiger partial charge in [-0.15, -0.1) is 0 Å².